The van der Waals surface area contributed by atoms with Gasteiger partial charge in [0.15, 0.2) is 11.6 Å². The lowest BCUT2D eigenvalue weighted by atomic mass is 9.72. The van der Waals surface area contributed by atoms with Gasteiger partial charge in [-0.1, -0.05) is 0 Å². The molecule has 6 rings (SSSR count). The third-order valence-electron chi connectivity index (χ3n) is 9.62. The van der Waals surface area contributed by atoms with Gasteiger partial charge in [-0.2, -0.15) is 0 Å². The Labute approximate surface area is 270 Å². The van der Waals surface area contributed by atoms with Crippen molar-refractivity contribution in [2.75, 3.05) is 63.7 Å². The average molecular weight is 661 g/mol. The van der Waals surface area contributed by atoms with Gasteiger partial charge >= 0.3 is 0 Å². The molecule has 0 bridgehead atoms. The van der Waals surface area contributed by atoms with Gasteiger partial charge < -0.3 is 28.9 Å². The number of ether oxygens (including phenoxy) is 3. The topological polar surface area (TPSA) is 126 Å². The molecule has 252 valence electrons. The summed E-state index contributed by atoms with van der Waals surface area (Å²) in [5.41, 5.74) is 0.348. The highest BCUT2D eigenvalue weighted by molar-refractivity contribution is 7.88. The molecule has 1 aromatic carbocycles. The summed E-state index contributed by atoms with van der Waals surface area (Å²) in [4.78, 5) is 28.9. The van der Waals surface area contributed by atoms with Crippen LogP contribution in [-0.4, -0.2) is 117 Å². The number of amides is 1. The molecule has 4 aliphatic heterocycles. The molecule has 46 heavy (non-hydrogen) atoms. The lowest BCUT2D eigenvalue weighted by Crippen LogP contribution is -2.61. The van der Waals surface area contributed by atoms with E-state index in [-0.39, 0.29) is 46.9 Å². The van der Waals surface area contributed by atoms with Gasteiger partial charge in [0.05, 0.1) is 43.4 Å². The lowest BCUT2D eigenvalue weighted by molar-refractivity contribution is -0.0299. The minimum Gasteiger partial charge on any atom is -0.451 e. The van der Waals surface area contributed by atoms with Crippen LogP contribution in [0.25, 0.3) is 0 Å². The maximum atomic E-state index is 14.5. The smallest absolute Gasteiger partial charge is 0.258 e. The van der Waals surface area contributed by atoms with Crippen LogP contribution >= 0.6 is 0 Å². The number of nitrogens with one attached hydrogen (secondary N) is 1. The molecular weight excluding hydrogens is 615 g/mol. The summed E-state index contributed by atoms with van der Waals surface area (Å²) in [6.07, 6.45) is 8.86. The Morgan fingerprint density at radius 3 is 2.61 bits per heavy atom. The van der Waals surface area contributed by atoms with Gasteiger partial charge in [-0.3, -0.25) is 4.79 Å². The van der Waals surface area contributed by atoms with Crippen LogP contribution in [0.3, 0.4) is 0 Å². The van der Waals surface area contributed by atoms with Crippen LogP contribution in [-0.2, 0) is 19.5 Å². The monoisotopic (exact) mass is 660 g/mol. The normalized spacial score (nSPS) is 25.1. The first-order valence-electron chi connectivity index (χ1n) is 16.2. The number of carbonyl (C=O) groups excluding carboxylic acids is 1. The maximum Gasteiger partial charge on any atom is 0.258 e. The third-order valence-corrected chi connectivity index (χ3v) is 10.4. The fourth-order valence-corrected chi connectivity index (χ4v) is 8.06. The number of hydrogen-bond acceptors (Lipinski definition) is 10. The molecule has 0 radical (unpaired) electrons. The first kappa shape index (κ1) is 33.0. The molecule has 14 heteroatoms. The van der Waals surface area contributed by atoms with E-state index < -0.39 is 15.8 Å². The first-order chi connectivity index (χ1) is 22.0. The van der Waals surface area contributed by atoms with E-state index in [1.807, 2.05) is 13.8 Å². The van der Waals surface area contributed by atoms with Crippen LogP contribution < -0.4 is 14.4 Å². The summed E-state index contributed by atoms with van der Waals surface area (Å²) in [6, 6.07) is 3.71. The van der Waals surface area contributed by atoms with Gasteiger partial charge in [-0.25, -0.2) is 27.5 Å². The van der Waals surface area contributed by atoms with E-state index in [4.69, 9.17) is 14.2 Å². The van der Waals surface area contributed by atoms with E-state index in [9.17, 15) is 17.6 Å². The molecule has 5 heterocycles. The third kappa shape index (κ3) is 7.62. The number of aromatic nitrogens is 2. The van der Waals surface area contributed by atoms with Crippen LogP contribution in [0.15, 0.2) is 30.7 Å². The van der Waals surface area contributed by atoms with Crippen molar-refractivity contribution in [3.05, 3.63) is 42.1 Å². The molecule has 1 spiro atoms. The van der Waals surface area contributed by atoms with Crippen LogP contribution in [0.1, 0.15) is 56.3 Å². The Kier molecular flexibility index (Phi) is 9.81. The van der Waals surface area contributed by atoms with Crippen molar-refractivity contribution >= 4 is 21.7 Å². The number of piperidine rings is 1. The van der Waals surface area contributed by atoms with Crippen LogP contribution in [0.2, 0.25) is 0 Å². The molecule has 1 amide bonds. The Bertz CT molecular complexity index is 1480. The summed E-state index contributed by atoms with van der Waals surface area (Å²) in [5, 5.41) is 0. The number of halogens is 1. The van der Waals surface area contributed by atoms with Crippen molar-refractivity contribution in [2.24, 2.45) is 5.41 Å². The van der Waals surface area contributed by atoms with Crippen LogP contribution in [0, 0.1) is 11.2 Å². The minimum atomic E-state index is -3.23. The SMILES string of the molecule is CC(C)N(C(=O)c1cc(F)ccc1Oc1cncnc1N1CC2(CCN(C[C@@H]3CC[C@@H](NS(C)(=O)=O)CO3)CC2)C1)[C@H]1CCOC1. The number of carbonyl (C=O) groups is 1. The van der Waals surface area contributed by atoms with Crippen molar-refractivity contribution in [1.82, 2.24) is 24.5 Å². The van der Waals surface area contributed by atoms with Crippen molar-refractivity contribution in [3.63, 3.8) is 0 Å². The fraction of sp³-hybridized carbons (Fsp3) is 0.656. The molecule has 0 aliphatic carbocycles. The molecule has 12 nitrogen and oxygen atoms in total. The van der Waals surface area contributed by atoms with E-state index in [1.54, 1.807) is 11.1 Å². The summed E-state index contributed by atoms with van der Waals surface area (Å²) >= 11 is 0. The van der Waals surface area contributed by atoms with Crippen molar-refractivity contribution in [2.45, 2.75) is 70.2 Å². The van der Waals surface area contributed by atoms with Crippen LogP contribution in [0.4, 0.5) is 10.2 Å². The van der Waals surface area contributed by atoms with Gasteiger partial charge in [0.1, 0.15) is 17.9 Å². The Balaban J connectivity index is 1.06. The second-order valence-electron chi connectivity index (χ2n) is 13.6. The summed E-state index contributed by atoms with van der Waals surface area (Å²) in [7, 11) is -3.23. The largest absolute Gasteiger partial charge is 0.451 e. The van der Waals surface area contributed by atoms with Crippen LogP contribution in [0.5, 0.6) is 11.5 Å². The van der Waals surface area contributed by atoms with E-state index in [1.165, 1.54) is 30.8 Å². The molecule has 0 saturated carbocycles. The quantitative estimate of drug-likeness (QED) is 0.407. The molecule has 4 fully saturated rings. The second kappa shape index (κ2) is 13.7. The number of sulfonamides is 1. The molecular formula is C32H45FN6O6S. The zero-order valence-corrected chi connectivity index (χ0v) is 27.7. The van der Waals surface area contributed by atoms with Gasteiger partial charge in [-0.05, 0) is 77.2 Å². The minimum absolute atomic E-state index is 0.0743. The van der Waals surface area contributed by atoms with E-state index >= 15 is 0 Å². The number of benzene rings is 1. The van der Waals surface area contributed by atoms with Gasteiger partial charge in [-0.15, -0.1) is 0 Å². The Hall–Kier alpha value is -2.91. The van der Waals surface area contributed by atoms with Gasteiger partial charge in [0.2, 0.25) is 10.0 Å². The maximum absolute atomic E-state index is 14.5. The standard InChI is InChI=1S/C32H45FN6O6S/c1-22(2)39(25-8-13-43-18-25)31(40)27-14-23(33)4-7-28(27)45-29-15-34-21-35-30(29)38-19-32(20-38)9-11-37(12-10-32)16-26-6-5-24(17-44-26)36-46(3,41)42/h4,7,14-15,21-22,24-26,36H,5-6,8-13,16-20H2,1-3H3/t24-,25+,26+/m1/s1. The molecule has 4 aliphatic rings. The number of rotatable bonds is 10. The predicted molar refractivity (Wildman–Crippen MR) is 170 cm³/mol. The first-order valence-corrected chi connectivity index (χ1v) is 18.1. The highest BCUT2D eigenvalue weighted by atomic mass is 32.2. The average Bonchev–Trinajstić information content (AvgIpc) is 3.52. The molecule has 1 N–H and O–H groups in total. The highest BCUT2D eigenvalue weighted by Crippen LogP contribution is 2.45. The van der Waals surface area contributed by atoms with E-state index in [2.05, 4.69) is 24.5 Å². The molecule has 4 saturated heterocycles. The fourth-order valence-electron chi connectivity index (χ4n) is 7.27. The zero-order chi connectivity index (χ0) is 32.5. The number of anilines is 1. The lowest BCUT2D eigenvalue weighted by Gasteiger charge is -2.54. The predicted octanol–water partition coefficient (Wildman–Crippen LogP) is 3.05. The molecule has 1 aromatic heterocycles. The van der Waals surface area contributed by atoms with E-state index in [0.29, 0.717) is 31.4 Å². The highest BCUT2D eigenvalue weighted by Gasteiger charge is 2.46. The van der Waals surface area contributed by atoms with Crippen molar-refractivity contribution < 1.29 is 31.8 Å². The van der Waals surface area contributed by atoms with Crippen molar-refractivity contribution in [3.8, 4) is 11.5 Å². The van der Waals surface area contributed by atoms with Gasteiger partial charge in [0, 0.05) is 43.7 Å². The number of hydrogen-bond donors (Lipinski definition) is 1. The van der Waals surface area contributed by atoms with Gasteiger partial charge in [0.25, 0.3) is 5.91 Å². The summed E-state index contributed by atoms with van der Waals surface area (Å²) in [6.45, 7) is 9.85. The van der Waals surface area contributed by atoms with E-state index in [0.717, 1.165) is 64.8 Å². The summed E-state index contributed by atoms with van der Waals surface area (Å²) in [5.74, 6) is 0.541. The number of nitrogens with zero attached hydrogens (tertiary/aromatic N) is 5. The molecule has 0 unspecified atom stereocenters. The summed E-state index contributed by atoms with van der Waals surface area (Å²) < 4.78 is 58.0. The Morgan fingerprint density at radius 1 is 1.17 bits per heavy atom. The zero-order valence-electron chi connectivity index (χ0n) is 26.9. The molecule has 3 atom stereocenters. The number of likely N-dealkylation sites (tertiary alicyclic amines) is 1. The Morgan fingerprint density at radius 2 is 1.96 bits per heavy atom. The second-order valence-corrected chi connectivity index (χ2v) is 15.3. The van der Waals surface area contributed by atoms with Crippen molar-refractivity contribution in [1.29, 1.82) is 0 Å². The molecule has 2 aromatic rings.